The van der Waals surface area contributed by atoms with Crippen molar-refractivity contribution in [2.45, 2.75) is 44.4 Å². The first-order valence-corrected chi connectivity index (χ1v) is 11.1. The molecule has 0 atom stereocenters. The third kappa shape index (κ3) is 4.18. The third-order valence-corrected chi connectivity index (χ3v) is 5.88. The van der Waals surface area contributed by atoms with Crippen molar-refractivity contribution in [3.8, 4) is 5.75 Å². The minimum Gasteiger partial charge on any atom is -0.507 e. The van der Waals surface area contributed by atoms with E-state index in [1.165, 1.54) is 30.3 Å². The molecule has 0 fully saturated rings. The molecule has 152 valence electrons. The van der Waals surface area contributed by atoms with Crippen LogP contribution in [0, 0.1) is 0 Å². The molecule has 0 amide bonds. The van der Waals surface area contributed by atoms with Gasteiger partial charge in [-0.2, -0.15) is 8.42 Å². The van der Waals surface area contributed by atoms with Crippen LogP contribution in [-0.2, 0) is 23.0 Å². The Kier molecular flexibility index (Phi) is 6.05. The van der Waals surface area contributed by atoms with Crippen LogP contribution in [-0.4, -0.2) is 23.9 Å². The quantitative estimate of drug-likeness (QED) is 0.424. The Morgan fingerprint density at radius 1 is 0.897 bits per heavy atom. The predicted octanol–water partition coefficient (Wildman–Crippen LogP) is 4.93. The van der Waals surface area contributed by atoms with Crippen molar-refractivity contribution >= 4 is 26.7 Å². The van der Waals surface area contributed by atoms with Gasteiger partial charge in [-0.1, -0.05) is 51.0 Å². The fourth-order valence-electron chi connectivity index (χ4n) is 3.68. The summed E-state index contributed by atoms with van der Waals surface area (Å²) in [6.07, 6.45) is 3.62. The van der Waals surface area contributed by atoms with Gasteiger partial charge in [-0.15, -0.1) is 0 Å². The van der Waals surface area contributed by atoms with E-state index in [4.69, 9.17) is 0 Å². The maximum Gasteiger partial charge on any atom is 0.295 e. The van der Waals surface area contributed by atoms with Crippen molar-refractivity contribution in [3.05, 3.63) is 70.8 Å². The van der Waals surface area contributed by atoms with Gasteiger partial charge in [0.05, 0.1) is 5.56 Å². The second-order valence-electron chi connectivity index (χ2n) is 7.11. The molecule has 0 heterocycles. The zero-order valence-electron chi connectivity index (χ0n) is 16.5. The van der Waals surface area contributed by atoms with Gasteiger partial charge in [0, 0.05) is 10.9 Å². The van der Waals surface area contributed by atoms with Crippen LogP contribution >= 0.6 is 0 Å². The van der Waals surface area contributed by atoms with E-state index in [0.29, 0.717) is 5.39 Å². The first kappa shape index (κ1) is 21.0. The van der Waals surface area contributed by atoms with E-state index < -0.39 is 20.8 Å². The Morgan fingerprint density at radius 3 is 2.24 bits per heavy atom. The Balaban J connectivity index is 2.22. The zero-order chi connectivity index (χ0) is 21.2. The van der Waals surface area contributed by atoms with E-state index in [1.54, 1.807) is 6.07 Å². The molecule has 0 saturated heterocycles. The van der Waals surface area contributed by atoms with Gasteiger partial charge >= 0.3 is 0 Å². The lowest BCUT2D eigenvalue weighted by Crippen LogP contribution is -2.10. The number of aromatic hydroxyl groups is 1. The summed E-state index contributed by atoms with van der Waals surface area (Å²) in [4.78, 5) is 12.6. The molecular weight excluding hydrogens is 388 g/mol. The summed E-state index contributed by atoms with van der Waals surface area (Å²) in [5.74, 6) is -0.830. The summed E-state index contributed by atoms with van der Waals surface area (Å²) >= 11 is 0. The first-order chi connectivity index (χ1) is 13.8. The SMILES string of the molecule is CCCc1cc(CCC)c2ccc(C(=O)c3ccccc3S(=O)(=O)O)c(O)c2c1. The molecule has 5 nitrogen and oxygen atoms in total. The molecule has 0 aliphatic heterocycles. The number of benzene rings is 3. The van der Waals surface area contributed by atoms with Crippen molar-refractivity contribution < 1.29 is 22.9 Å². The normalized spacial score (nSPS) is 11.7. The highest BCUT2D eigenvalue weighted by Gasteiger charge is 2.24. The molecule has 0 bridgehead atoms. The van der Waals surface area contributed by atoms with Crippen LogP contribution in [0.5, 0.6) is 5.75 Å². The molecule has 29 heavy (non-hydrogen) atoms. The van der Waals surface area contributed by atoms with E-state index in [9.17, 15) is 22.9 Å². The van der Waals surface area contributed by atoms with Gasteiger partial charge in [0.25, 0.3) is 10.1 Å². The van der Waals surface area contributed by atoms with Crippen LogP contribution in [0.4, 0.5) is 0 Å². The lowest BCUT2D eigenvalue weighted by molar-refractivity contribution is 0.103. The minimum atomic E-state index is -4.57. The maximum atomic E-state index is 13.1. The second kappa shape index (κ2) is 8.35. The van der Waals surface area contributed by atoms with Gasteiger partial charge in [0.2, 0.25) is 0 Å². The molecule has 0 radical (unpaired) electrons. The number of aryl methyl sites for hydroxylation is 2. The highest BCUT2D eigenvalue weighted by molar-refractivity contribution is 7.86. The standard InChI is InChI=1S/C23H24O5S/c1-3-7-15-13-16(8-4-2)17-11-12-19(23(25)20(17)14-15)22(24)18-9-5-6-10-21(18)29(26,27)28/h5-6,9-14,25H,3-4,7-8H2,1-2H3,(H,26,27,28). The van der Waals surface area contributed by atoms with E-state index in [1.807, 2.05) is 6.07 Å². The molecule has 3 aromatic rings. The maximum absolute atomic E-state index is 13.1. The van der Waals surface area contributed by atoms with Crippen LogP contribution in [0.1, 0.15) is 53.7 Å². The number of hydrogen-bond acceptors (Lipinski definition) is 4. The van der Waals surface area contributed by atoms with Crippen LogP contribution in [0.3, 0.4) is 0 Å². The van der Waals surface area contributed by atoms with Crippen LogP contribution in [0.15, 0.2) is 53.4 Å². The highest BCUT2D eigenvalue weighted by Crippen LogP contribution is 2.35. The molecule has 0 unspecified atom stereocenters. The molecule has 0 saturated carbocycles. The van der Waals surface area contributed by atoms with Crippen molar-refractivity contribution in [1.29, 1.82) is 0 Å². The number of phenolic OH excluding ortho intramolecular Hbond substituents is 1. The summed E-state index contributed by atoms with van der Waals surface area (Å²) in [6.45, 7) is 4.16. The lowest BCUT2D eigenvalue weighted by Gasteiger charge is -2.14. The van der Waals surface area contributed by atoms with Crippen molar-refractivity contribution in [2.24, 2.45) is 0 Å². The molecule has 0 aliphatic carbocycles. The summed E-state index contributed by atoms with van der Waals surface area (Å²) in [5.41, 5.74) is 2.02. The molecule has 0 aliphatic rings. The van der Waals surface area contributed by atoms with E-state index >= 15 is 0 Å². The second-order valence-corrected chi connectivity index (χ2v) is 8.50. The van der Waals surface area contributed by atoms with Crippen molar-refractivity contribution in [1.82, 2.24) is 0 Å². The van der Waals surface area contributed by atoms with Gasteiger partial charge in [-0.25, -0.2) is 0 Å². The summed E-state index contributed by atoms with van der Waals surface area (Å²) in [7, 11) is -4.57. The third-order valence-electron chi connectivity index (χ3n) is 4.96. The van der Waals surface area contributed by atoms with Crippen molar-refractivity contribution in [3.63, 3.8) is 0 Å². The highest BCUT2D eigenvalue weighted by atomic mass is 32.2. The lowest BCUT2D eigenvalue weighted by atomic mass is 9.92. The zero-order valence-corrected chi connectivity index (χ0v) is 17.3. The Hall–Kier alpha value is -2.70. The first-order valence-electron chi connectivity index (χ1n) is 9.66. The van der Waals surface area contributed by atoms with E-state index in [0.717, 1.165) is 42.2 Å². The van der Waals surface area contributed by atoms with Crippen molar-refractivity contribution in [2.75, 3.05) is 0 Å². The van der Waals surface area contributed by atoms with Crippen LogP contribution in [0.2, 0.25) is 0 Å². The Labute approximate surface area is 170 Å². The minimum absolute atomic E-state index is 0.00435. The fourth-order valence-corrected chi connectivity index (χ4v) is 4.37. The topological polar surface area (TPSA) is 91.7 Å². The molecule has 3 aromatic carbocycles. The molecule has 3 rings (SSSR count). The monoisotopic (exact) mass is 412 g/mol. The largest absolute Gasteiger partial charge is 0.507 e. The van der Waals surface area contributed by atoms with Gasteiger partial charge in [-0.3, -0.25) is 9.35 Å². The summed E-state index contributed by atoms with van der Waals surface area (Å²) in [6, 6.07) is 12.8. The van der Waals surface area contributed by atoms with Crippen LogP contribution in [0.25, 0.3) is 10.8 Å². The number of hydrogen-bond donors (Lipinski definition) is 2. The van der Waals surface area contributed by atoms with Crippen LogP contribution < -0.4 is 0 Å². The molecule has 6 heteroatoms. The summed E-state index contributed by atoms with van der Waals surface area (Å²) in [5, 5.41) is 12.4. The van der Waals surface area contributed by atoms with E-state index in [-0.39, 0.29) is 16.9 Å². The fraction of sp³-hybridized carbons (Fsp3) is 0.261. The smallest absolute Gasteiger partial charge is 0.295 e. The number of carbonyl (C=O) groups is 1. The molecular formula is C23H24O5S. The summed E-state index contributed by atoms with van der Waals surface area (Å²) < 4.78 is 32.8. The Bertz CT molecular complexity index is 1180. The predicted molar refractivity (Wildman–Crippen MR) is 113 cm³/mol. The van der Waals surface area contributed by atoms with Gasteiger partial charge in [0.15, 0.2) is 5.78 Å². The van der Waals surface area contributed by atoms with Gasteiger partial charge < -0.3 is 5.11 Å². The Morgan fingerprint density at radius 2 is 1.59 bits per heavy atom. The number of ketones is 1. The van der Waals surface area contributed by atoms with Gasteiger partial charge in [-0.05, 0) is 53.6 Å². The number of carbonyl (C=O) groups excluding carboxylic acids is 1. The molecule has 0 spiro atoms. The molecule has 0 aromatic heterocycles. The number of rotatable bonds is 7. The number of phenols is 1. The average molecular weight is 413 g/mol. The average Bonchev–Trinajstić information content (AvgIpc) is 2.68. The number of fused-ring (bicyclic) bond motifs is 1. The van der Waals surface area contributed by atoms with Gasteiger partial charge in [0.1, 0.15) is 10.6 Å². The molecule has 2 N–H and O–H groups in total. The van der Waals surface area contributed by atoms with E-state index in [2.05, 4.69) is 19.9 Å².